The maximum Gasteiger partial charge on any atom is 0.271 e. The summed E-state index contributed by atoms with van der Waals surface area (Å²) < 4.78 is 3.21. The lowest BCUT2D eigenvalue weighted by molar-refractivity contribution is 0.0955. The molecular weight excluding hydrogens is 414 g/mol. The minimum atomic E-state index is -0.236. The van der Waals surface area contributed by atoms with Crippen LogP contribution in [0.4, 0.5) is 0 Å². The van der Waals surface area contributed by atoms with Crippen LogP contribution in [0.5, 0.6) is 0 Å². The molecule has 0 aliphatic carbocycles. The van der Waals surface area contributed by atoms with Gasteiger partial charge in [0.25, 0.3) is 5.91 Å². The van der Waals surface area contributed by atoms with Crippen LogP contribution < -0.4 is 5.43 Å². The lowest BCUT2D eigenvalue weighted by Crippen LogP contribution is -2.17. The summed E-state index contributed by atoms with van der Waals surface area (Å²) in [5.41, 5.74) is 7.62. The number of amides is 1. The Morgan fingerprint density at radius 3 is 2.64 bits per heavy atom. The number of nitrogens with one attached hydrogen (secondary N) is 1. The summed E-state index contributed by atoms with van der Waals surface area (Å²) >= 11 is 3.45. The molecule has 4 aromatic rings. The SMILES string of the molecule is CCn1c2ccccc2c2cc(/C=N/NC(=O)c3ccc(C)c(Br)c3)ccc21. The van der Waals surface area contributed by atoms with E-state index in [2.05, 4.69) is 74.3 Å². The third kappa shape index (κ3) is 3.34. The van der Waals surface area contributed by atoms with E-state index < -0.39 is 0 Å². The molecule has 1 N–H and O–H groups in total. The van der Waals surface area contributed by atoms with Gasteiger partial charge in [-0.15, -0.1) is 0 Å². The Bertz CT molecular complexity index is 1220. The normalized spacial score (nSPS) is 11.5. The van der Waals surface area contributed by atoms with Gasteiger partial charge in [0.05, 0.1) is 6.21 Å². The quantitative estimate of drug-likeness (QED) is 0.328. The fourth-order valence-corrected chi connectivity index (χ4v) is 3.84. The van der Waals surface area contributed by atoms with Crippen molar-refractivity contribution in [3.05, 3.63) is 81.8 Å². The van der Waals surface area contributed by atoms with E-state index in [-0.39, 0.29) is 5.91 Å². The highest BCUT2D eigenvalue weighted by Gasteiger charge is 2.09. The van der Waals surface area contributed by atoms with E-state index in [1.54, 1.807) is 18.3 Å². The molecule has 0 bridgehead atoms. The number of benzene rings is 3. The van der Waals surface area contributed by atoms with Crippen molar-refractivity contribution >= 4 is 49.9 Å². The average Bonchev–Trinajstić information content (AvgIpc) is 3.03. The maximum absolute atomic E-state index is 12.3. The number of aromatic nitrogens is 1. The van der Waals surface area contributed by atoms with Gasteiger partial charge in [0, 0.05) is 38.4 Å². The molecule has 1 amide bonds. The molecule has 4 nitrogen and oxygen atoms in total. The molecule has 0 aliphatic rings. The van der Waals surface area contributed by atoms with Crippen molar-refractivity contribution in [2.24, 2.45) is 5.10 Å². The van der Waals surface area contributed by atoms with Crippen LogP contribution in [0, 0.1) is 6.92 Å². The first-order chi connectivity index (χ1) is 13.6. The number of carbonyl (C=O) groups excluding carboxylic acids is 1. The predicted molar refractivity (Wildman–Crippen MR) is 119 cm³/mol. The minimum absolute atomic E-state index is 0.236. The van der Waals surface area contributed by atoms with Gasteiger partial charge >= 0.3 is 0 Å². The van der Waals surface area contributed by atoms with Crippen LogP contribution in [0.25, 0.3) is 21.8 Å². The van der Waals surface area contributed by atoms with Gasteiger partial charge in [-0.1, -0.05) is 46.3 Å². The fourth-order valence-electron chi connectivity index (χ4n) is 3.46. The zero-order valence-electron chi connectivity index (χ0n) is 15.7. The zero-order chi connectivity index (χ0) is 19.7. The van der Waals surface area contributed by atoms with Crippen molar-refractivity contribution in [3.8, 4) is 0 Å². The molecule has 0 spiro atoms. The second-order valence-electron chi connectivity index (χ2n) is 6.70. The molecule has 3 aromatic carbocycles. The van der Waals surface area contributed by atoms with E-state index in [1.807, 2.05) is 19.1 Å². The monoisotopic (exact) mass is 433 g/mol. The van der Waals surface area contributed by atoms with Crippen LogP contribution in [0.1, 0.15) is 28.4 Å². The summed E-state index contributed by atoms with van der Waals surface area (Å²) in [7, 11) is 0. The summed E-state index contributed by atoms with van der Waals surface area (Å²) in [4.78, 5) is 12.3. The summed E-state index contributed by atoms with van der Waals surface area (Å²) in [5, 5.41) is 6.55. The molecule has 0 radical (unpaired) electrons. The first-order valence-electron chi connectivity index (χ1n) is 9.19. The first kappa shape index (κ1) is 18.4. The summed E-state index contributed by atoms with van der Waals surface area (Å²) in [6.07, 6.45) is 1.68. The van der Waals surface area contributed by atoms with E-state index in [1.165, 1.54) is 21.8 Å². The van der Waals surface area contributed by atoms with Gasteiger partial charge in [0.15, 0.2) is 0 Å². The molecule has 1 aromatic heterocycles. The van der Waals surface area contributed by atoms with Crippen LogP contribution in [0.3, 0.4) is 0 Å². The van der Waals surface area contributed by atoms with Crippen molar-refractivity contribution in [1.82, 2.24) is 9.99 Å². The number of halogens is 1. The number of carbonyl (C=O) groups is 1. The third-order valence-electron chi connectivity index (χ3n) is 4.93. The van der Waals surface area contributed by atoms with Crippen LogP contribution in [0.15, 0.2) is 70.2 Å². The standard InChI is InChI=1S/C23H20BrN3O/c1-3-27-21-7-5-4-6-18(21)19-12-16(9-11-22(19)27)14-25-26-23(28)17-10-8-15(2)20(24)13-17/h4-14H,3H2,1-2H3,(H,26,28)/b25-14+. The molecule has 0 atom stereocenters. The van der Waals surface area contributed by atoms with Crippen LogP contribution >= 0.6 is 15.9 Å². The Morgan fingerprint density at radius 2 is 1.86 bits per heavy atom. The van der Waals surface area contributed by atoms with E-state index in [4.69, 9.17) is 0 Å². The van der Waals surface area contributed by atoms with Crippen LogP contribution in [-0.4, -0.2) is 16.7 Å². The van der Waals surface area contributed by atoms with E-state index >= 15 is 0 Å². The Labute approximate surface area is 172 Å². The molecule has 28 heavy (non-hydrogen) atoms. The molecule has 0 fully saturated rings. The van der Waals surface area contributed by atoms with Gasteiger partial charge in [-0.25, -0.2) is 5.43 Å². The predicted octanol–water partition coefficient (Wildman–Crippen LogP) is 5.65. The van der Waals surface area contributed by atoms with E-state index in [0.717, 1.165) is 22.1 Å². The fraction of sp³-hybridized carbons (Fsp3) is 0.130. The maximum atomic E-state index is 12.3. The van der Waals surface area contributed by atoms with E-state index in [0.29, 0.717) is 5.56 Å². The number of hydrazone groups is 1. The van der Waals surface area contributed by atoms with Crippen molar-refractivity contribution in [2.75, 3.05) is 0 Å². The van der Waals surface area contributed by atoms with Crippen molar-refractivity contribution < 1.29 is 4.79 Å². The van der Waals surface area contributed by atoms with Crippen molar-refractivity contribution in [1.29, 1.82) is 0 Å². The van der Waals surface area contributed by atoms with Gasteiger partial charge in [-0.3, -0.25) is 4.79 Å². The summed E-state index contributed by atoms with van der Waals surface area (Å²) in [6.45, 7) is 5.05. The number of hydrogen-bond donors (Lipinski definition) is 1. The number of rotatable bonds is 4. The highest BCUT2D eigenvalue weighted by Crippen LogP contribution is 2.29. The first-order valence-corrected chi connectivity index (χ1v) is 9.98. The average molecular weight is 434 g/mol. The number of aryl methyl sites for hydroxylation is 2. The second kappa shape index (κ2) is 7.60. The molecule has 0 saturated carbocycles. The molecule has 1 heterocycles. The molecular formula is C23H20BrN3O. The smallest absolute Gasteiger partial charge is 0.271 e. The molecule has 5 heteroatoms. The topological polar surface area (TPSA) is 46.4 Å². The van der Waals surface area contributed by atoms with Crippen molar-refractivity contribution in [2.45, 2.75) is 20.4 Å². The van der Waals surface area contributed by atoms with Gasteiger partial charge < -0.3 is 4.57 Å². The number of para-hydroxylation sites is 1. The molecule has 140 valence electrons. The Balaban J connectivity index is 1.60. The van der Waals surface area contributed by atoms with Crippen LogP contribution in [-0.2, 0) is 6.54 Å². The lowest BCUT2D eigenvalue weighted by atomic mass is 10.1. The second-order valence-corrected chi connectivity index (χ2v) is 7.56. The summed E-state index contributed by atoms with van der Waals surface area (Å²) in [6, 6.07) is 20.1. The number of fused-ring (bicyclic) bond motifs is 3. The number of hydrogen-bond acceptors (Lipinski definition) is 2. The largest absolute Gasteiger partial charge is 0.341 e. The molecule has 0 unspecified atom stereocenters. The Hall–Kier alpha value is -2.92. The Morgan fingerprint density at radius 1 is 1.07 bits per heavy atom. The van der Waals surface area contributed by atoms with E-state index in [9.17, 15) is 4.79 Å². The highest BCUT2D eigenvalue weighted by atomic mass is 79.9. The molecule has 0 aliphatic heterocycles. The van der Waals surface area contributed by atoms with Gasteiger partial charge in [-0.2, -0.15) is 5.10 Å². The van der Waals surface area contributed by atoms with Crippen LogP contribution in [0.2, 0.25) is 0 Å². The molecule has 4 rings (SSSR count). The third-order valence-corrected chi connectivity index (χ3v) is 5.78. The summed E-state index contributed by atoms with van der Waals surface area (Å²) in [5.74, 6) is -0.236. The molecule has 0 saturated heterocycles. The lowest BCUT2D eigenvalue weighted by Gasteiger charge is -2.03. The van der Waals surface area contributed by atoms with Crippen molar-refractivity contribution in [3.63, 3.8) is 0 Å². The number of nitrogens with zero attached hydrogens (tertiary/aromatic N) is 2. The van der Waals surface area contributed by atoms with Gasteiger partial charge in [0.1, 0.15) is 0 Å². The minimum Gasteiger partial charge on any atom is -0.341 e. The zero-order valence-corrected chi connectivity index (χ0v) is 17.3. The van der Waals surface area contributed by atoms with Gasteiger partial charge in [-0.05, 0) is 55.3 Å². The highest BCUT2D eigenvalue weighted by molar-refractivity contribution is 9.10. The van der Waals surface area contributed by atoms with Gasteiger partial charge in [0.2, 0.25) is 0 Å². The Kier molecular flexibility index (Phi) is 5.01.